The van der Waals surface area contributed by atoms with Crippen molar-refractivity contribution in [2.24, 2.45) is 0 Å². The molecule has 94 valence electrons. The summed E-state index contributed by atoms with van der Waals surface area (Å²) in [7, 11) is 0. The van der Waals surface area contributed by atoms with Crippen LogP contribution < -0.4 is 5.32 Å². The molecule has 0 spiro atoms. The SMILES string of the molecule is C[C@H](NC(=O)c1cccs1)[C@H](S)c1ccccc1. The van der Waals surface area contributed by atoms with E-state index in [9.17, 15) is 4.79 Å². The van der Waals surface area contributed by atoms with Crippen LogP contribution in [0.5, 0.6) is 0 Å². The first kappa shape index (κ1) is 13.2. The van der Waals surface area contributed by atoms with E-state index in [0.29, 0.717) is 0 Å². The van der Waals surface area contributed by atoms with Crippen molar-refractivity contribution >= 4 is 29.9 Å². The predicted octanol–water partition coefficient (Wildman–Crippen LogP) is 3.54. The highest BCUT2D eigenvalue weighted by molar-refractivity contribution is 7.80. The maximum Gasteiger partial charge on any atom is 0.261 e. The molecule has 1 amide bonds. The third-order valence-electron chi connectivity index (χ3n) is 2.72. The lowest BCUT2D eigenvalue weighted by Gasteiger charge is -2.20. The fourth-order valence-corrected chi connectivity index (χ4v) is 2.58. The highest BCUT2D eigenvalue weighted by atomic mass is 32.1. The normalized spacial score (nSPS) is 13.9. The van der Waals surface area contributed by atoms with E-state index in [4.69, 9.17) is 0 Å². The number of nitrogens with one attached hydrogen (secondary N) is 1. The molecule has 1 N–H and O–H groups in total. The van der Waals surface area contributed by atoms with Crippen LogP contribution in [-0.4, -0.2) is 11.9 Å². The summed E-state index contributed by atoms with van der Waals surface area (Å²) in [5.41, 5.74) is 1.11. The van der Waals surface area contributed by atoms with E-state index in [2.05, 4.69) is 17.9 Å². The van der Waals surface area contributed by atoms with Gasteiger partial charge < -0.3 is 5.32 Å². The number of hydrogen-bond donors (Lipinski definition) is 2. The van der Waals surface area contributed by atoms with Gasteiger partial charge in [0.1, 0.15) is 0 Å². The highest BCUT2D eigenvalue weighted by Crippen LogP contribution is 2.23. The van der Waals surface area contributed by atoms with E-state index in [1.807, 2.05) is 54.8 Å². The molecule has 0 aliphatic heterocycles. The number of benzene rings is 1. The number of carbonyl (C=O) groups excluding carboxylic acids is 1. The predicted molar refractivity (Wildman–Crippen MR) is 79.4 cm³/mol. The van der Waals surface area contributed by atoms with Gasteiger partial charge in [0.05, 0.1) is 4.88 Å². The lowest BCUT2D eigenvalue weighted by Crippen LogP contribution is -2.35. The van der Waals surface area contributed by atoms with Crippen LogP contribution in [-0.2, 0) is 0 Å². The van der Waals surface area contributed by atoms with E-state index in [-0.39, 0.29) is 17.2 Å². The monoisotopic (exact) mass is 277 g/mol. The first-order valence-corrected chi connectivity index (χ1v) is 7.15. The molecule has 0 aliphatic carbocycles. The number of hydrogen-bond acceptors (Lipinski definition) is 3. The van der Waals surface area contributed by atoms with Gasteiger partial charge in [-0.1, -0.05) is 36.4 Å². The maximum atomic E-state index is 11.9. The van der Waals surface area contributed by atoms with Gasteiger partial charge in [-0.15, -0.1) is 11.3 Å². The molecule has 2 aromatic rings. The lowest BCUT2D eigenvalue weighted by atomic mass is 10.1. The first-order valence-electron chi connectivity index (χ1n) is 5.76. The minimum absolute atomic E-state index is 0.00453. The molecule has 2 nitrogen and oxygen atoms in total. The molecule has 0 unspecified atom stereocenters. The van der Waals surface area contributed by atoms with Crippen LogP contribution >= 0.6 is 24.0 Å². The van der Waals surface area contributed by atoms with Crippen LogP contribution in [0.2, 0.25) is 0 Å². The second-order valence-electron chi connectivity index (χ2n) is 4.09. The quantitative estimate of drug-likeness (QED) is 0.822. The largest absolute Gasteiger partial charge is 0.347 e. The van der Waals surface area contributed by atoms with Gasteiger partial charge in [0.2, 0.25) is 0 Å². The molecule has 4 heteroatoms. The number of thiol groups is 1. The van der Waals surface area contributed by atoms with Gasteiger partial charge in [0, 0.05) is 11.3 Å². The zero-order valence-electron chi connectivity index (χ0n) is 10.0. The van der Waals surface area contributed by atoms with Crippen molar-refractivity contribution in [3.63, 3.8) is 0 Å². The third-order valence-corrected chi connectivity index (χ3v) is 4.33. The Bertz CT molecular complexity index is 496. The van der Waals surface area contributed by atoms with Gasteiger partial charge >= 0.3 is 0 Å². The highest BCUT2D eigenvalue weighted by Gasteiger charge is 2.18. The molecule has 1 aromatic heterocycles. The maximum absolute atomic E-state index is 11.9. The Hall–Kier alpha value is -1.26. The number of rotatable bonds is 4. The molecule has 2 atom stereocenters. The van der Waals surface area contributed by atoms with Crippen molar-refractivity contribution < 1.29 is 4.79 Å². The Balaban J connectivity index is 2.00. The van der Waals surface area contributed by atoms with Gasteiger partial charge in [0.15, 0.2) is 0 Å². The number of amides is 1. The van der Waals surface area contributed by atoms with E-state index in [0.717, 1.165) is 10.4 Å². The zero-order chi connectivity index (χ0) is 13.0. The summed E-state index contributed by atoms with van der Waals surface area (Å²) in [4.78, 5) is 12.6. The van der Waals surface area contributed by atoms with Crippen LogP contribution in [0.3, 0.4) is 0 Å². The number of thiophene rings is 1. The van der Waals surface area contributed by atoms with Crippen molar-refractivity contribution in [3.8, 4) is 0 Å². The van der Waals surface area contributed by atoms with Crippen molar-refractivity contribution in [2.45, 2.75) is 18.2 Å². The molecule has 2 rings (SSSR count). The molecule has 1 aromatic carbocycles. The van der Waals surface area contributed by atoms with E-state index in [1.165, 1.54) is 11.3 Å². The van der Waals surface area contributed by atoms with E-state index in [1.54, 1.807) is 0 Å². The minimum atomic E-state index is -0.0347. The van der Waals surface area contributed by atoms with Crippen LogP contribution in [0.1, 0.15) is 27.4 Å². The van der Waals surface area contributed by atoms with Gasteiger partial charge in [0.25, 0.3) is 5.91 Å². The van der Waals surface area contributed by atoms with Crippen LogP contribution in [0.15, 0.2) is 47.8 Å². The molecule has 0 fully saturated rings. The van der Waals surface area contributed by atoms with Gasteiger partial charge in [-0.25, -0.2) is 0 Å². The Kier molecular flexibility index (Phi) is 4.44. The summed E-state index contributed by atoms with van der Waals surface area (Å²) >= 11 is 6.02. The van der Waals surface area contributed by atoms with E-state index < -0.39 is 0 Å². The first-order chi connectivity index (χ1) is 8.68. The Morgan fingerprint density at radius 3 is 2.56 bits per heavy atom. The average Bonchev–Trinajstić information content (AvgIpc) is 2.92. The summed E-state index contributed by atoms with van der Waals surface area (Å²) < 4.78 is 0. The fourth-order valence-electron chi connectivity index (χ4n) is 1.70. The molecule has 0 aliphatic rings. The van der Waals surface area contributed by atoms with E-state index >= 15 is 0 Å². The molecule has 0 radical (unpaired) electrons. The van der Waals surface area contributed by atoms with Gasteiger partial charge in [-0.05, 0) is 23.9 Å². The van der Waals surface area contributed by atoms with Crippen molar-refractivity contribution in [1.82, 2.24) is 5.32 Å². The lowest BCUT2D eigenvalue weighted by molar-refractivity contribution is 0.0943. The number of carbonyl (C=O) groups is 1. The summed E-state index contributed by atoms with van der Waals surface area (Å²) in [5, 5.41) is 4.87. The van der Waals surface area contributed by atoms with Crippen LogP contribution in [0, 0.1) is 0 Å². The third kappa shape index (κ3) is 3.15. The molecule has 1 heterocycles. The Morgan fingerprint density at radius 1 is 1.22 bits per heavy atom. The summed E-state index contributed by atoms with van der Waals surface area (Å²) in [5.74, 6) is -0.0347. The topological polar surface area (TPSA) is 29.1 Å². The fraction of sp³-hybridized carbons (Fsp3) is 0.214. The standard InChI is InChI=1S/C14H15NOS2/c1-10(13(17)11-6-3-2-4-7-11)15-14(16)12-8-5-9-18-12/h2-10,13,17H,1H3,(H,15,16)/t10-,13-/m0/s1. The van der Waals surface area contributed by atoms with Crippen molar-refractivity contribution in [1.29, 1.82) is 0 Å². The van der Waals surface area contributed by atoms with Gasteiger partial charge in [-0.2, -0.15) is 12.6 Å². The summed E-state index contributed by atoms with van der Waals surface area (Å²) in [6.07, 6.45) is 0. The molecular formula is C14H15NOS2. The minimum Gasteiger partial charge on any atom is -0.347 e. The van der Waals surface area contributed by atoms with Crippen molar-refractivity contribution in [2.75, 3.05) is 0 Å². The molecule has 0 saturated heterocycles. The van der Waals surface area contributed by atoms with Gasteiger partial charge in [-0.3, -0.25) is 4.79 Å². The van der Waals surface area contributed by atoms with Crippen LogP contribution in [0.25, 0.3) is 0 Å². The summed E-state index contributed by atoms with van der Waals surface area (Å²) in [6, 6.07) is 13.6. The zero-order valence-corrected chi connectivity index (χ0v) is 11.7. The summed E-state index contributed by atoms with van der Waals surface area (Å²) in [6.45, 7) is 1.97. The molecule has 0 saturated carbocycles. The average molecular weight is 277 g/mol. The second kappa shape index (κ2) is 6.07. The Labute approximate surface area is 116 Å². The second-order valence-corrected chi connectivity index (χ2v) is 5.60. The van der Waals surface area contributed by atoms with Crippen molar-refractivity contribution in [3.05, 3.63) is 58.3 Å². The Morgan fingerprint density at radius 2 is 1.94 bits per heavy atom. The van der Waals surface area contributed by atoms with Crippen LogP contribution in [0.4, 0.5) is 0 Å². The smallest absolute Gasteiger partial charge is 0.261 e. The molecular weight excluding hydrogens is 262 g/mol. The molecule has 0 bridgehead atoms. The molecule has 18 heavy (non-hydrogen) atoms.